The molecule has 1 atom stereocenters. The highest BCUT2D eigenvalue weighted by molar-refractivity contribution is 7.99. The van der Waals surface area contributed by atoms with E-state index in [0.29, 0.717) is 0 Å². The summed E-state index contributed by atoms with van der Waals surface area (Å²) in [5.74, 6) is 1.06. The topological polar surface area (TPSA) is 49.8 Å². The van der Waals surface area contributed by atoms with Crippen molar-refractivity contribution < 1.29 is 0 Å². The summed E-state index contributed by atoms with van der Waals surface area (Å²) in [5.41, 5.74) is 6.43. The Kier molecular flexibility index (Phi) is 3.81. The van der Waals surface area contributed by atoms with Crippen LogP contribution in [-0.2, 0) is 0 Å². The van der Waals surface area contributed by atoms with Gasteiger partial charge in [-0.05, 0) is 23.4 Å². The number of rotatable bonds is 3. The third-order valence-electron chi connectivity index (χ3n) is 1.69. The van der Waals surface area contributed by atoms with Crippen LogP contribution in [0.5, 0.6) is 0 Å². The smallest absolute Gasteiger partial charge is 0.118 e. The average molecular weight is 192 g/mol. The molecule has 1 rings (SSSR count). The number of hydrogen-bond donors (Lipinski definition) is 1. The molecule has 1 aromatic carbocycles. The highest BCUT2D eigenvalue weighted by Crippen LogP contribution is 2.19. The molecule has 0 bridgehead atoms. The Labute approximate surface area is 82.7 Å². The first-order valence-electron chi connectivity index (χ1n) is 4.16. The predicted molar refractivity (Wildman–Crippen MR) is 55.4 cm³/mol. The maximum Gasteiger partial charge on any atom is 0.118 e. The second-order valence-corrected chi connectivity index (χ2v) is 3.95. The predicted octanol–water partition coefficient (Wildman–Crippen LogP) is 2.32. The van der Waals surface area contributed by atoms with E-state index in [9.17, 15) is 0 Å². The van der Waals surface area contributed by atoms with E-state index in [1.165, 1.54) is 4.90 Å². The highest BCUT2D eigenvalue weighted by Gasteiger charge is 2.02. The van der Waals surface area contributed by atoms with Crippen molar-refractivity contribution in [2.24, 2.45) is 5.73 Å². The van der Waals surface area contributed by atoms with Crippen molar-refractivity contribution >= 4 is 11.8 Å². The lowest BCUT2D eigenvalue weighted by molar-refractivity contribution is 0.924. The van der Waals surface area contributed by atoms with Gasteiger partial charge in [-0.2, -0.15) is 5.26 Å². The van der Waals surface area contributed by atoms with Gasteiger partial charge in [0.15, 0.2) is 0 Å². The molecule has 0 aliphatic carbocycles. The molecule has 0 radical (unpaired) electrons. The lowest BCUT2D eigenvalue weighted by Crippen LogP contribution is -2.06. The highest BCUT2D eigenvalue weighted by atomic mass is 32.2. The van der Waals surface area contributed by atoms with Crippen molar-refractivity contribution in [3.63, 3.8) is 0 Å². The van der Waals surface area contributed by atoms with Gasteiger partial charge in [-0.25, -0.2) is 0 Å². The van der Waals surface area contributed by atoms with Crippen LogP contribution >= 0.6 is 11.8 Å². The number of nitrogens with zero attached hydrogens (tertiary/aromatic N) is 1. The maximum absolute atomic E-state index is 8.58. The van der Waals surface area contributed by atoms with Gasteiger partial charge in [0.25, 0.3) is 0 Å². The third kappa shape index (κ3) is 2.76. The third-order valence-corrected chi connectivity index (χ3v) is 2.58. The molecule has 0 amide bonds. The molecule has 68 valence electrons. The summed E-state index contributed by atoms with van der Waals surface area (Å²) in [4.78, 5) is 1.22. The summed E-state index contributed by atoms with van der Waals surface area (Å²) in [6, 6.07) is 9.32. The van der Waals surface area contributed by atoms with Gasteiger partial charge >= 0.3 is 0 Å². The minimum atomic E-state index is -0.499. The molecule has 0 aromatic heterocycles. The molecule has 0 heterocycles. The number of hydrogen-bond acceptors (Lipinski definition) is 3. The van der Waals surface area contributed by atoms with Gasteiger partial charge in [0, 0.05) is 4.90 Å². The van der Waals surface area contributed by atoms with Crippen LogP contribution in [0.3, 0.4) is 0 Å². The first-order chi connectivity index (χ1) is 6.27. The number of nitriles is 1. The summed E-state index contributed by atoms with van der Waals surface area (Å²) >= 11 is 1.78. The summed E-state index contributed by atoms with van der Waals surface area (Å²) in [6.45, 7) is 2.11. The molecule has 2 N–H and O–H groups in total. The van der Waals surface area contributed by atoms with E-state index >= 15 is 0 Å². The molecule has 0 unspecified atom stereocenters. The van der Waals surface area contributed by atoms with Crippen LogP contribution in [0.15, 0.2) is 29.2 Å². The van der Waals surface area contributed by atoms with E-state index in [4.69, 9.17) is 11.0 Å². The normalized spacial score (nSPS) is 12.1. The van der Waals surface area contributed by atoms with E-state index in [1.807, 2.05) is 30.3 Å². The Hall–Kier alpha value is -0.980. The van der Waals surface area contributed by atoms with Crippen LogP contribution in [0.2, 0.25) is 0 Å². The first kappa shape index (κ1) is 10.1. The van der Waals surface area contributed by atoms with Gasteiger partial charge in [-0.1, -0.05) is 19.1 Å². The van der Waals surface area contributed by atoms with Gasteiger partial charge in [0.05, 0.1) is 6.07 Å². The molecular formula is C10H12N2S. The molecule has 0 fully saturated rings. The van der Waals surface area contributed by atoms with Crippen molar-refractivity contribution in [1.82, 2.24) is 0 Å². The van der Waals surface area contributed by atoms with E-state index < -0.39 is 6.04 Å². The van der Waals surface area contributed by atoms with Crippen LogP contribution in [0.25, 0.3) is 0 Å². The van der Waals surface area contributed by atoms with Gasteiger partial charge in [-0.3, -0.25) is 0 Å². The Morgan fingerprint density at radius 1 is 1.46 bits per heavy atom. The van der Waals surface area contributed by atoms with Crippen LogP contribution in [0.4, 0.5) is 0 Å². The molecule has 3 heteroatoms. The Morgan fingerprint density at radius 2 is 2.08 bits per heavy atom. The lowest BCUT2D eigenvalue weighted by Gasteiger charge is -2.03. The second kappa shape index (κ2) is 4.90. The summed E-state index contributed by atoms with van der Waals surface area (Å²) in [6.07, 6.45) is 0. The number of thioether (sulfide) groups is 1. The van der Waals surface area contributed by atoms with Crippen LogP contribution < -0.4 is 5.73 Å². The Bertz CT molecular complexity index is 300. The Morgan fingerprint density at radius 3 is 2.54 bits per heavy atom. The standard InChI is InChI=1S/C10H12N2S/c1-2-13-9-5-3-8(4-6-9)10(12)7-11/h3-6,10H,2,12H2,1H3/t10-/m0/s1. The number of nitrogens with two attached hydrogens (primary N) is 1. The van der Waals surface area contributed by atoms with Crippen molar-refractivity contribution in [3.05, 3.63) is 29.8 Å². The minimum Gasteiger partial charge on any atom is -0.312 e. The van der Waals surface area contributed by atoms with Crippen molar-refractivity contribution in [2.45, 2.75) is 17.9 Å². The van der Waals surface area contributed by atoms with Gasteiger partial charge in [0.1, 0.15) is 6.04 Å². The number of benzene rings is 1. The minimum absolute atomic E-state index is 0.499. The molecule has 1 aromatic rings. The average Bonchev–Trinajstić information content (AvgIpc) is 2.18. The molecule has 0 aliphatic rings. The lowest BCUT2D eigenvalue weighted by atomic mass is 10.1. The maximum atomic E-state index is 8.58. The fourth-order valence-electron chi connectivity index (χ4n) is 1.01. The summed E-state index contributed by atoms with van der Waals surface area (Å²) < 4.78 is 0. The van der Waals surface area contributed by atoms with Crippen molar-refractivity contribution in [1.29, 1.82) is 5.26 Å². The van der Waals surface area contributed by atoms with E-state index in [1.54, 1.807) is 11.8 Å². The largest absolute Gasteiger partial charge is 0.312 e. The Balaban J connectivity index is 2.76. The van der Waals surface area contributed by atoms with Crippen LogP contribution in [0.1, 0.15) is 18.5 Å². The molecule has 0 saturated carbocycles. The summed E-state index contributed by atoms with van der Waals surface area (Å²) in [7, 11) is 0. The summed E-state index contributed by atoms with van der Waals surface area (Å²) in [5, 5.41) is 8.58. The zero-order valence-electron chi connectivity index (χ0n) is 7.53. The van der Waals surface area contributed by atoms with Crippen molar-refractivity contribution in [2.75, 3.05) is 5.75 Å². The molecule has 0 saturated heterocycles. The van der Waals surface area contributed by atoms with E-state index in [-0.39, 0.29) is 0 Å². The zero-order chi connectivity index (χ0) is 9.68. The molecule has 0 spiro atoms. The molecule has 13 heavy (non-hydrogen) atoms. The SMILES string of the molecule is CCSc1ccc([C@@H](N)C#N)cc1. The molecule has 0 aliphatic heterocycles. The van der Waals surface area contributed by atoms with E-state index in [0.717, 1.165) is 11.3 Å². The van der Waals surface area contributed by atoms with Crippen molar-refractivity contribution in [3.8, 4) is 6.07 Å². The fraction of sp³-hybridized carbons (Fsp3) is 0.300. The van der Waals surface area contributed by atoms with Gasteiger partial charge < -0.3 is 5.73 Å². The van der Waals surface area contributed by atoms with Gasteiger partial charge in [0.2, 0.25) is 0 Å². The first-order valence-corrected chi connectivity index (χ1v) is 5.14. The van der Waals surface area contributed by atoms with Crippen LogP contribution in [0, 0.1) is 11.3 Å². The monoisotopic (exact) mass is 192 g/mol. The second-order valence-electron chi connectivity index (χ2n) is 2.61. The van der Waals surface area contributed by atoms with E-state index in [2.05, 4.69) is 6.92 Å². The fourth-order valence-corrected chi connectivity index (χ4v) is 1.67. The molecule has 2 nitrogen and oxygen atoms in total. The molecular weight excluding hydrogens is 180 g/mol. The zero-order valence-corrected chi connectivity index (χ0v) is 8.34. The quantitative estimate of drug-likeness (QED) is 0.748. The van der Waals surface area contributed by atoms with Crippen LogP contribution in [-0.4, -0.2) is 5.75 Å². The van der Waals surface area contributed by atoms with Gasteiger partial charge in [-0.15, -0.1) is 11.8 Å².